The maximum atomic E-state index is 5.86. The van der Waals surface area contributed by atoms with E-state index < -0.39 is 0 Å². The summed E-state index contributed by atoms with van der Waals surface area (Å²) in [5, 5.41) is 0. The molecule has 0 bridgehead atoms. The molecule has 1 aliphatic rings. The van der Waals surface area contributed by atoms with Crippen LogP contribution >= 0.6 is 0 Å². The summed E-state index contributed by atoms with van der Waals surface area (Å²) in [5.74, 6) is 1.54. The van der Waals surface area contributed by atoms with Gasteiger partial charge >= 0.3 is 0 Å². The molecule has 1 aliphatic heterocycles. The van der Waals surface area contributed by atoms with Gasteiger partial charge in [-0.1, -0.05) is 36.4 Å². The van der Waals surface area contributed by atoms with Crippen molar-refractivity contribution in [1.82, 2.24) is 0 Å². The van der Waals surface area contributed by atoms with E-state index in [2.05, 4.69) is 50.2 Å². The molecule has 0 N–H and O–H groups in total. The molecule has 0 fully saturated rings. The van der Waals surface area contributed by atoms with E-state index in [1.165, 1.54) is 22.3 Å². The normalized spacial score (nSPS) is 18.0. The molecule has 1 heterocycles. The molecule has 0 radical (unpaired) electrons. The molecule has 2 aromatic rings. The first-order valence-corrected chi connectivity index (χ1v) is 6.52. The van der Waals surface area contributed by atoms with Crippen molar-refractivity contribution in [1.29, 1.82) is 0 Å². The molecule has 0 aromatic heterocycles. The van der Waals surface area contributed by atoms with Gasteiger partial charge in [-0.05, 0) is 48.6 Å². The molecule has 1 atom stereocenters. The van der Waals surface area contributed by atoms with Crippen LogP contribution in [-0.4, -0.2) is 6.61 Å². The highest BCUT2D eigenvalue weighted by Crippen LogP contribution is 2.32. The van der Waals surface area contributed by atoms with Crippen LogP contribution in [0.3, 0.4) is 0 Å². The van der Waals surface area contributed by atoms with Gasteiger partial charge in [0.15, 0.2) is 0 Å². The van der Waals surface area contributed by atoms with E-state index in [1.54, 1.807) is 0 Å². The van der Waals surface area contributed by atoms with E-state index in [0.29, 0.717) is 5.92 Å². The number of benzene rings is 2. The Labute approximate surface area is 108 Å². The fourth-order valence-electron chi connectivity index (χ4n) is 2.56. The minimum absolute atomic E-state index is 0.485. The van der Waals surface area contributed by atoms with Crippen molar-refractivity contribution in [3.8, 4) is 5.75 Å². The van der Waals surface area contributed by atoms with Gasteiger partial charge in [0, 0.05) is 5.92 Å². The summed E-state index contributed by atoms with van der Waals surface area (Å²) < 4.78 is 5.86. The van der Waals surface area contributed by atoms with Gasteiger partial charge in [-0.25, -0.2) is 0 Å². The van der Waals surface area contributed by atoms with Crippen molar-refractivity contribution in [2.24, 2.45) is 0 Å². The average Bonchev–Trinajstić information content (AvgIpc) is 2.41. The van der Waals surface area contributed by atoms with Gasteiger partial charge in [0.05, 0.1) is 6.61 Å². The second-order valence-electron chi connectivity index (χ2n) is 5.16. The maximum absolute atomic E-state index is 5.86. The summed E-state index contributed by atoms with van der Waals surface area (Å²) in [7, 11) is 0. The molecule has 0 amide bonds. The lowest BCUT2D eigenvalue weighted by Crippen LogP contribution is -2.19. The summed E-state index contributed by atoms with van der Waals surface area (Å²) in [6.07, 6.45) is 1.08. The number of para-hydroxylation sites is 1. The third kappa shape index (κ3) is 2.01. The van der Waals surface area contributed by atoms with Crippen LogP contribution in [0.15, 0.2) is 42.5 Å². The molecule has 1 nitrogen and oxygen atoms in total. The lowest BCUT2D eigenvalue weighted by molar-refractivity contribution is 0.262. The first-order chi connectivity index (χ1) is 8.74. The molecule has 0 spiro atoms. The second-order valence-corrected chi connectivity index (χ2v) is 5.16. The number of ether oxygens (including phenoxy) is 1. The first-order valence-electron chi connectivity index (χ1n) is 6.52. The Morgan fingerprint density at radius 2 is 1.83 bits per heavy atom. The summed E-state index contributed by atoms with van der Waals surface area (Å²) in [6.45, 7) is 5.13. The average molecular weight is 238 g/mol. The van der Waals surface area contributed by atoms with Gasteiger partial charge in [-0.2, -0.15) is 0 Å². The summed E-state index contributed by atoms with van der Waals surface area (Å²) >= 11 is 0. The van der Waals surface area contributed by atoms with E-state index in [4.69, 9.17) is 4.74 Å². The molecule has 0 saturated carbocycles. The fraction of sp³-hybridized carbons (Fsp3) is 0.294. The smallest absolute Gasteiger partial charge is 0.122 e. The van der Waals surface area contributed by atoms with Crippen molar-refractivity contribution >= 4 is 0 Å². The highest BCUT2D eigenvalue weighted by molar-refractivity contribution is 5.39. The summed E-state index contributed by atoms with van der Waals surface area (Å²) in [6, 6.07) is 15.1. The van der Waals surface area contributed by atoms with Gasteiger partial charge in [0.2, 0.25) is 0 Å². The standard InChI is InChI=1S/C17H18O/c1-12-7-8-14(9-13(12)2)16-10-15-5-3-4-6-17(15)18-11-16/h3-9,16H,10-11H2,1-2H3/t16-/m1/s1. The topological polar surface area (TPSA) is 9.23 Å². The quantitative estimate of drug-likeness (QED) is 0.729. The lowest BCUT2D eigenvalue weighted by atomic mass is 9.89. The highest BCUT2D eigenvalue weighted by atomic mass is 16.5. The molecule has 0 unspecified atom stereocenters. The Morgan fingerprint density at radius 1 is 1.00 bits per heavy atom. The molecular formula is C17H18O. The Morgan fingerprint density at radius 3 is 2.67 bits per heavy atom. The van der Waals surface area contributed by atoms with Crippen LogP contribution < -0.4 is 4.74 Å². The van der Waals surface area contributed by atoms with Crippen LogP contribution in [0, 0.1) is 13.8 Å². The van der Waals surface area contributed by atoms with E-state index >= 15 is 0 Å². The number of hydrogen-bond acceptors (Lipinski definition) is 1. The van der Waals surface area contributed by atoms with Crippen molar-refractivity contribution in [3.63, 3.8) is 0 Å². The Kier molecular flexibility index (Phi) is 2.83. The zero-order valence-electron chi connectivity index (χ0n) is 10.9. The van der Waals surface area contributed by atoms with Crippen LogP contribution in [0.1, 0.15) is 28.2 Å². The molecule has 1 heteroatoms. The fourth-order valence-corrected chi connectivity index (χ4v) is 2.56. The Balaban J connectivity index is 1.89. The minimum atomic E-state index is 0.485. The molecule has 18 heavy (non-hydrogen) atoms. The van der Waals surface area contributed by atoms with E-state index in [0.717, 1.165) is 18.8 Å². The number of fused-ring (bicyclic) bond motifs is 1. The largest absolute Gasteiger partial charge is 0.493 e. The van der Waals surface area contributed by atoms with E-state index in [-0.39, 0.29) is 0 Å². The van der Waals surface area contributed by atoms with Crippen molar-refractivity contribution in [2.75, 3.05) is 6.61 Å². The van der Waals surface area contributed by atoms with Crippen LogP contribution in [0.25, 0.3) is 0 Å². The predicted octanol–water partition coefficient (Wildman–Crippen LogP) is 4.02. The van der Waals surface area contributed by atoms with Gasteiger partial charge in [0.25, 0.3) is 0 Å². The van der Waals surface area contributed by atoms with Crippen LogP contribution in [0.2, 0.25) is 0 Å². The van der Waals surface area contributed by atoms with E-state index in [9.17, 15) is 0 Å². The van der Waals surface area contributed by atoms with Crippen molar-refractivity contribution in [3.05, 3.63) is 64.7 Å². The zero-order chi connectivity index (χ0) is 12.5. The van der Waals surface area contributed by atoms with Gasteiger partial charge in [0.1, 0.15) is 5.75 Å². The molecule has 92 valence electrons. The summed E-state index contributed by atoms with van der Waals surface area (Å²) in [5.41, 5.74) is 5.45. The van der Waals surface area contributed by atoms with Gasteiger partial charge < -0.3 is 4.74 Å². The lowest BCUT2D eigenvalue weighted by Gasteiger charge is -2.26. The summed E-state index contributed by atoms with van der Waals surface area (Å²) in [4.78, 5) is 0. The van der Waals surface area contributed by atoms with Crippen LogP contribution in [-0.2, 0) is 6.42 Å². The third-order valence-electron chi connectivity index (χ3n) is 3.88. The molecule has 0 saturated heterocycles. The molecule has 0 aliphatic carbocycles. The van der Waals surface area contributed by atoms with Crippen LogP contribution in [0.5, 0.6) is 5.75 Å². The highest BCUT2D eigenvalue weighted by Gasteiger charge is 2.21. The number of rotatable bonds is 1. The Hall–Kier alpha value is -1.76. The monoisotopic (exact) mass is 238 g/mol. The molecule has 3 rings (SSSR count). The molecular weight excluding hydrogens is 220 g/mol. The second kappa shape index (κ2) is 4.49. The van der Waals surface area contributed by atoms with Crippen molar-refractivity contribution in [2.45, 2.75) is 26.2 Å². The SMILES string of the molecule is Cc1ccc([C@H]2COc3ccccc3C2)cc1C. The molecule has 2 aromatic carbocycles. The predicted molar refractivity (Wildman–Crippen MR) is 74.3 cm³/mol. The maximum Gasteiger partial charge on any atom is 0.122 e. The van der Waals surface area contributed by atoms with Crippen LogP contribution in [0.4, 0.5) is 0 Å². The first kappa shape index (κ1) is 11.3. The Bertz CT molecular complexity index is 572. The van der Waals surface area contributed by atoms with Crippen molar-refractivity contribution < 1.29 is 4.74 Å². The number of hydrogen-bond donors (Lipinski definition) is 0. The van der Waals surface area contributed by atoms with Gasteiger partial charge in [-0.15, -0.1) is 0 Å². The minimum Gasteiger partial charge on any atom is -0.493 e. The third-order valence-corrected chi connectivity index (χ3v) is 3.88. The van der Waals surface area contributed by atoms with E-state index in [1.807, 2.05) is 6.07 Å². The van der Waals surface area contributed by atoms with Gasteiger partial charge in [-0.3, -0.25) is 0 Å². The number of aryl methyl sites for hydroxylation is 2. The zero-order valence-corrected chi connectivity index (χ0v) is 10.9.